The maximum absolute atomic E-state index is 13.1. The van der Waals surface area contributed by atoms with E-state index in [1.165, 1.54) is 24.3 Å². The van der Waals surface area contributed by atoms with Gasteiger partial charge in [0.2, 0.25) is 0 Å². The van der Waals surface area contributed by atoms with E-state index in [9.17, 15) is 9.18 Å². The fraction of sp³-hybridized carbons (Fsp3) is 0.125. The van der Waals surface area contributed by atoms with Gasteiger partial charge in [0.15, 0.2) is 0 Å². The first-order chi connectivity index (χ1) is 14.2. The number of aromatic amines is 1. The molecule has 0 aliphatic heterocycles. The van der Waals surface area contributed by atoms with Crippen LogP contribution >= 0.6 is 0 Å². The molecule has 0 unspecified atom stereocenters. The highest BCUT2D eigenvalue weighted by Crippen LogP contribution is 2.31. The number of methoxy groups -OCH3 is 1. The number of nitrogens with one attached hydrogen (secondary N) is 2. The highest BCUT2D eigenvalue weighted by Gasteiger charge is 2.19. The number of hydrogen-bond acceptors (Lipinski definition) is 2. The van der Waals surface area contributed by atoms with Crippen molar-refractivity contribution in [3.63, 3.8) is 0 Å². The van der Waals surface area contributed by atoms with Crippen molar-refractivity contribution in [2.75, 3.05) is 13.7 Å². The van der Waals surface area contributed by atoms with Crippen LogP contribution in [0.5, 0.6) is 5.75 Å². The number of H-pyrrole nitrogens is 1. The Balaban J connectivity index is 1.64. The number of hydrogen-bond donors (Lipinski definition) is 2. The van der Waals surface area contributed by atoms with Crippen molar-refractivity contribution in [1.82, 2.24) is 10.3 Å². The van der Waals surface area contributed by atoms with Crippen LogP contribution in [-0.2, 0) is 0 Å². The van der Waals surface area contributed by atoms with Gasteiger partial charge in [-0.25, -0.2) is 4.39 Å². The van der Waals surface area contributed by atoms with Gasteiger partial charge in [0, 0.05) is 35.1 Å². The molecule has 0 aliphatic rings. The smallest absolute Gasteiger partial charge is 0.251 e. The van der Waals surface area contributed by atoms with Crippen LogP contribution in [0.3, 0.4) is 0 Å². The Morgan fingerprint density at radius 2 is 1.76 bits per heavy atom. The van der Waals surface area contributed by atoms with Crippen molar-refractivity contribution < 1.29 is 13.9 Å². The predicted octanol–water partition coefficient (Wildman–Crippen LogP) is 4.88. The lowest BCUT2D eigenvalue weighted by Gasteiger charge is -2.19. The first-order valence-corrected chi connectivity index (χ1v) is 9.39. The molecule has 4 nitrogen and oxygen atoms in total. The normalized spacial score (nSPS) is 11.9. The lowest BCUT2D eigenvalue weighted by Crippen LogP contribution is -2.28. The Morgan fingerprint density at radius 3 is 2.48 bits per heavy atom. The SMILES string of the molecule is COc1ccc([C@@H](CNC(=O)c2ccc(F)cc2)c2c[nH]c3ccccc23)cc1. The first-order valence-electron chi connectivity index (χ1n) is 9.39. The molecule has 29 heavy (non-hydrogen) atoms. The second kappa shape index (κ2) is 8.19. The number of rotatable bonds is 6. The summed E-state index contributed by atoms with van der Waals surface area (Å²) in [4.78, 5) is 15.9. The number of amides is 1. The van der Waals surface area contributed by atoms with Crippen LogP contribution in [0, 0.1) is 5.82 Å². The number of fused-ring (bicyclic) bond motifs is 1. The standard InChI is InChI=1S/C24H21FN2O2/c1-29-19-12-8-16(9-13-19)21(22-15-26-23-5-3-2-4-20(22)23)14-27-24(28)17-6-10-18(25)11-7-17/h2-13,15,21,26H,14H2,1H3,(H,27,28)/t21-/m1/s1. The highest BCUT2D eigenvalue weighted by atomic mass is 19.1. The third-order valence-electron chi connectivity index (χ3n) is 5.09. The average Bonchev–Trinajstić information content (AvgIpc) is 3.19. The van der Waals surface area contributed by atoms with E-state index < -0.39 is 0 Å². The van der Waals surface area contributed by atoms with E-state index in [0.717, 1.165) is 27.8 Å². The average molecular weight is 388 g/mol. The topological polar surface area (TPSA) is 54.1 Å². The molecule has 0 fully saturated rings. The van der Waals surface area contributed by atoms with Crippen LogP contribution in [0.4, 0.5) is 4.39 Å². The Morgan fingerprint density at radius 1 is 1.03 bits per heavy atom. The minimum Gasteiger partial charge on any atom is -0.497 e. The summed E-state index contributed by atoms with van der Waals surface area (Å²) in [7, 11) is 1.63. The van der Waals surface area contributed by atoms with E-state index in [0.29, 0.717) is 12.1 Å². The number of aromatic nitrogens is 1. The quantitative estimate of drug-likeness (QED) is 0.495. The van der Waals surface area contributed by atoms with Crippen LogP contribution in [0.1, 0.15) is 27.4 Å². The number of para-hydroxylation sites is 1. The summed E-state index contributed by atoms with van der Waals surface area (Å²) in [6.45, 7) is 0.407. The molecule has 0 spiro atoms. The predicted molar refractivity (Wildman–Crippen MR) is 112 cm³/mol. The fourth-order valence-electron chi connectivity index (χ4n) is 3.52. The highest BCUT2D eigenvalue weighted by molar-refractivity contribution is 5.94. The molecule has 0 saturated carbocycles. The fourth-order valence-corrected chi connectivity index (χ4v) is 3.52. The monoisotopic (exact) mass is 388 g/mol. The Hall–Kier alpha value is -3.60. The van der Waals surface area contributed by atoms with Gasteiger partial charge in [0.25, 0.3) is 5.91 Å². The summed E-state index contributed by atoms with van der Waals surface area (Å²) in [5.74, 6) is 0.128. The lowest BCUT2D eigenvalue weighted by molar-refractivity contribution is 0.0952. The van der Waals surface area contributed by atoms with Gasteiger partial charge >= 0.3 is 0 Å². The number of ether oxygens (including phenoxy) is 1. The zero-order valence-corrected chi connectivity index (χ0v) is 16.0. The van der Waals surface area contributed by atoms with Crippen molar-refractivity contribution in [3.8, 4) is 5.75 Å². The summed E-state index contributed by atoms with van der Waals surface area (Å²) >= 11 is 0. The summed E-state index contributed by atoms with van der Waals surface area (Å²) in [5, 5.41) is 4.11. The third kappa shape index (κ3) is 3.99. The van der Waals surface area contributed by atoms with Crippen molar-refractivity contribution >= 4 is 16.8 Å². The molecule has 0 aliphatic carbocycles. The molecule has 1 aromatic heterocycles. The van der Waals surface area contributed by atoms with Gasteiger partial charge in [-0.05, 0) is 53.6 Å². The maximum atomic E-state index is 13.1. The van der Waals surface area contributed by atoms with E-state index in [4.69, 9.17) is 4.74 Å². The molecule has 0 radical (unpaired) electrons. The molecule has 0 saturated heterocycles. The van der Waals surface area contributed by atoms with Gasteiger partial charge in [-0.1, -0.05) is 30.3 Å². The minimum absolute atomic E-state index is 0.0542. The van der Waals surface area contributed by atoms with Crippen molar-refractivity contribution in [1.29, 1.82) is 0 Å². The van der Waals surface area contributed by atoms with E-state index in [2.05, 4.69) is 16.4 Å². The minimum atomic E-state index is -0.364. The summed E-state index contributed by atoms with van der Waals surface area (Å²) in [6, 6.07) is 21.5. The van der Waals surface area contributed by atoms with Crippen LogP contribution < -0.4 is 10.1 Å². The van der Waals surface area contributed by atoms with E-state index in [1.807, 2.05) is 48.7 Å². The Bertz CT molecular complexity index is 1120. The van der Waals surface area contributed by atoms with Gasteiger partial charge in [0.05, 0.1) is 7.11 Å². The number of benzene rings is 3. The van der Waals surface area contributed by atoms with Gasteiger partial charge in [0.1, 0.15) is 11.6 Å². The third-order valence-corrected chi connectivity index (χ3v) is 5.09. The Kier molecular flexibility index (Phi) is 5.29. The maximum Gasteiger partial charge on any atom is 0.251 e. The van der Waals surface area contributed by atoms with Crippen molar-refractivity contribution in [2.24, 2.45) is 0 Å². The summed E-state index contributed by atoms with van der Waals surface area (Å²) in [6.07, 6.45) is 1.99. The molecular formula is C24H21FN2O2. The molecule has 4 aromatic rings. The van der Waals surface area contributed by atoms with Crippen LogP contribution in [0.15, 0.2) is 79.0 Å². The molecule has 1 atom stereocenters. The molecule has 0 bridgehead atoms. The van der Waals surface area contributed by atoms with Crippen LogP contribution in [0.25, 0.3) is 10.9 Å². The van der Waals surface area contributed by atoms with Gasteiger partial charge in [-0.15, -0.1) is 0 Å². The number of carbonyl (C=O) groups excluding carboxylic acids is 1. The molecule has 4 rings (SSSR count). The van der Waals surface area contributed by atoms with Gasteiger partial charge in [-0.2, -0.15) is 0 Å². The molecule has 2 N–H and O–H groups in total. The van der Waals surface area contributed by atoms with Gasteiger partial charge < -0.3 is 15.0 Å². The van der Waals surface area contributed by atoms with E-state index in [-0.39, 0.29) is 17.6 Å². The van der Waals surface area contributed by atoms with E-state index >= 15 is 0 Å². The summed E-state index contributed by atoms with van der Waals surface area (Å²) in [5.41, 5.74) is 3.64. The molecule has 1 heterocycles. The first kappa shape index (κ1) is 18.7. The molecule has 1 amide bonds. The second-order valence-electron chi connectivity index (χ2n) is 6.83. The zero-order valence-electron chi connectivity index (χ0n) is 16.0. The van der Waals surface area contributed by atoms with Crippen LogP contribution in [-0.4, -0.2) is 24.5 Å². The lowest BCUT2D eigenvalue weighted by atomic mass is 9.90. The van der Waals surface area contributed by atoms with Crippen molar-refractivity contribution in [2.45, 2.75) is 5.92 Å². The zero-order chi connectivity index (χ0) is 20.2. The largest absolute Gasteiger partial charge is 0.497 e. The molecular weight excluding hydrogens is 367 g/mol. The Labute approximate surface area is 168 Å². The molecule has 5 heteroatoms. The molecule has 146 valence electrons. The number of carbonyl (C=O) groups is 1. The second-order valence-corrected chi connectivity index (χ2v) is 6.83. The molecule has 3 aromatic carbocycles. The van der Waals surface area contributed by atoms with Crippen LogP contribution in [0.2, 0.25) is 0 Å². The van der Waals surface area contributed by atoms with Crippen molar-refractivity contribution in [3.05, 3.63) is 102 Å². The van der Waals surface area contributed by atoms with E-state index in [1.54, 1.807) is 7.11 Å². The summed E-state index contributed by atoms with van der Waals surface area (Å²) < 4.78 is 18.4. The van der Waals surface area contributed by atoms with Gasteiger partial charge in [-0.3, -0.25) is 4.79 Å². The number of halogens is 1.